The number of hydrogen-bond donors (Lipinski definition) is 6. The summed E-state index contributed by atoms with van der Waals surface area (Å²) >= 11 is 1.10. The van der Waals surface area contributed by atoms with Crippen molar-refractivity contribution in [3.63, 3.8) is 0 Å². The highest BCUT2D eigenvalue weighted by Gasteiger charge is 2.20. The average molecular weight is 560 g/mol. The molecule has 1 aliphatic rings. The summed E-state index contributed by atoms with van der Waals surface area (Å²) in [6.45, 7) is 0.501. The molecule has 4 heterocycles. The van der Waals surface area contributed by atoms with Gasteiger partial charge >= 0.3 is 5.97 Å². The molecule has 2 amide bonds. The lowest BCUT2D eigenvalue weighted by Crippen LogP contribution is -2.26. The van der Waals surface area contributed by atoms with E-state index in [1.54, 1.807) is 24.3 Å². The molecule has 198 valence electrons. The largest absolute Gasteiger partial charge is 0.482 e. The third kappa shape index (κ3) is 5.94. The van der Waals surface area contributed by atoms with Crippen LogP contribution < -0.4 is 26.2 Å². The van der Waals surface area contributed by atoms with Crippen molar-refractivity contribution in [1.82, 2.24) is 20.3 Å². The molecule has 0 aliphatic carbocycles. The van der Waals surface area contributed by atoms with Crippen LogP contribution in [0.15, 0.2) is 47.1 Å². The smallest absolute Gasteiger partial charge is 0.339 e. The average Bonchev–Trinajstić information content (AvgIpc) is 3.55. The molecule has 5 rings (SSSR count). The molecule has 38 heavy (non-hydrogen) atoms. The molecule has 0 fully saturated rings. The summed E-state index contributed by atoms with van der Waals surface area (Å²) < 4.78 is 26.9. The molecule has 0 saturated carbocycles. The Hall–Kier alpha value is -4.38. The molecule has 3 aromatic heterocycles. The lowest BCUT2D eigenvalue weighted by Gasteiger charge is -2.18. The first-order valence-electron chi connectivity index (χ1n) is 10.8. The Morgan fingerprint density at radius 3 is 2.66 bits per heavy atom. The third-order valence-electron chi connectivity index (χ3n) is 5.16. The van der Waals surface area contributed by atoms with Crippen LogP contribution in [0.1, 0.15) is 31.3 Å². The van der Waals surface area contributed by atoms with Crippen LogP contribution in [0.4, 0.5) is 5.69 Å². The molecule has 16 heteroatoms. The van der Waals surface area contributed by atoms with Crippen molar-refractivity contribution in [3.05, 3.63) is 64.6 Å². The number of amides is 2. The number of ether oxygens (including phenoxy) is 1. The number of carbonyl (C=O) groups is 3. The van der Waals surface area contributed by atoms with Crippen LogP contribution >= 0.6 is 11.3 Å². The van der Waals surface area contributed by atoms with Crippen LogP contribution in [-0.4, -0.2) is 52.9 Å². The van der Waals surface area contributed by atoms with Gasteiger partial charge in [0.25, 0.3) is 11.8 Å². The number of nitrogens with zero attached hydrogens (tertiary/aromatic N) is 2. The summed E-state index contributed by atoms with van der Waals surface area (Å²) in [7, 11) is -3.53. The van der Waals surface area contributed by atoms with E-state index in [-0.39, 0.29) is 45.6 Å². The number of hydrogen-bond acceptors (Lipinski definition) is 10. The Kier molecular flexibility index (Phi) is 7.67. The van der Waals surface area contributed by atoms with Crippen molar-refractivity contribution < 1.29 is 32.6 Å². The number of fused-ring (bicyclic) bond motifs is 2. The van der Waals surface area contributed by atoms with E-state index in [2.05, 4.69) is 25.6 Å². The molecule has 0 saturated heterocycles. The van der Waals surface area contributed by atoms with Gasteiger partial charge in [0.15, 0.2) is 12.3 Å². The summed E-state index contributed by atoms with van der Waals surface area (Å²) in [5.41, 5.74) is 6.99. The summed E-state index contributed by atoms with van der Waals surface area (Å²) in [6, 6.07) is 8.30. The first-order chi connectivity index (χ1) is 18.1. The molecule has 0 radical (unpaired) electrons. The minimum Gasteiger partial charge on any atom is -0.482 e. The molecule has 0 bridgehead atoms. The number of benzene rings is 1. The van der Waals surface area contributed by atoms with E-state index in [0.29, 0.717) is 18.0 Å². The van der Waals surface area contributed by atoms with Crippen molar-refractivity contribution in [2.75, 3.05) is 11.9 Å². The topological polar surface area (TPSA) is 232 Å². The molecule has 8 N–H and O–H groups in total. The quantitative estimate of drug-likeness (QED) is 0.194. The lowest BCUT2D eigenvalue weighted by atomic mass is 10.1. The number of aromatic amines is 1. The molecule has 1 aliphatic heterocycles. The molecule has 0 spiro atoms. The fourth-order valence-electron chi connectivity index (χ4n) is 3.40. The zero-order chi connectivity index (χ0) is 27.4. The fraction of sp³-hybridized carbons (Fsp3) is 0.136. The number of aromatic carboxylic acids is 1. The molecular weight excluding hydrogens is 538 g/mol. The van der Waals surface area contributed by atoms with Gasteiger partial charge < -0.3 is 31.2 Å². The van der Waals surface area contributed by atoms with E-state index in [4.69, 9.17) is 20.7 Å². The number of thiophene rings is 1. The van der Waals surface area contributed by atoms with E-state index in [0.717, 1.165) is 28.1 Å². The predicted octanol–water partition coefficient (Wildman–Crippen LogP) is 0.771. The van der Waals surface area contributed by atoms with Crippen LogP contribution in [0.25, 0.3) is 11.0 Å². The Balaban J connectivity index is 0.000000257. The maximum atomic E-state index is 12.5. The van der Waals surface area contributed by atoms with Gasteiger partial charge in [-0.3, -0.25) is 9.59 Å². The van der Waals surface area contributed by atoms with Crippen molar-refractivity contribution in [2.45, 2.75) is 17.3 Å². The second-order valence-electron chi connectivity index (χ2n) is 7.77. The normalized spacial score (nSPS) is 12.5. The van der Waals surface area contributed by atoms with E-state index in [1.807, 2.05) is 0 Å². The molecule has 0 atom stereocenters. The maximum Gasteiger partial charge on any atom is 0.339 e. The van der Waals surface area contributed by atoms with E-state index in [9.17, 15) is 22.8 Å². The highest BCUT2D eigenvalue weighted by atomic mass is 32.2. The van der Waals surface area contributed by atoms with Gasteiger partial charge in [0.2, 0.25) is 10.0 Å². The minimum atomic E-state index is -3.53. The standard InChI is InChI=1S/C17H13N5O5.C5H8N2O2S2/c23-12-6-27-11-2-1-8(3-10(11)22-12)4-19-16(24)15-14-13(20-7-21-15)9(5-18-14)17(25)26;6-3-4-1-2-5(10-4)11(7,8)9/h1-3,5,7,18H,4,6H2,(H,19,24)(H,22,23)(H,25,26);1-2H,3,6H2,(H2,7,8,9). The zero-order valence-electron chi connectivity index (χ0n) is 19.4. The highest BCUT2D eigenvalue weighted by Crippen LogP contribution is 2.28. The van der Waals surface area contributed by atoms with Crippen LogP contribution in [0.5, 0.6) is 5.75 Å². The van der Waals surface area contributed by atoms with Gasteiger partial charge in [0.1, 0.15) is 27.4 Å². The van der Waals surface area contributed by atoms with Gasteiger partial charge in [-0.1, -0.05) is 6.07 Å². The number of nitrogens with one attached hydrogen (secondary N) is 3. The van der Waals surface area contributed by atoms with E-state index < -0.39 is 21.9 Å². The van der Waals surface area contributed by atoms with Crippen LogP contribution in [0, 0.1) is 0 Å². The number of sulfonamides is 1. The first kappa shape index (κ1) is 26.7. The molecule has 4 aromatic rings. The molecule has 1 aromatic carbocycles. The number of carbonyl (C=O) groups excluding carboxylic acids is 2. The SMILES string of the molecule is NCc1ccc(S(N)(=O)=O)s1.O=C1COc2ccc(CNC(=O)c3ncnc4c(C(=O)O)c[nH]c34)cc2N1. The number of nitrogens with two attached hydrogens (primary N) is 2. The van der Waals surface area contributed by atoms with Crippen molar-refractivity contribution in [1.29, 1.82) is 0 Å². The molecule has 14 nitrogen and oxygen atoms in total. The van der Waals surface area contributed by atoms with Gasteiger partial charge in [-0.2, -0.15) is 0 Å². The van der Waals surface area contributed by atoms with Crippen LogP contribution in [0.3, 0.4) is 0 Å². The monoisotopic (exact) mass is 559 g/mol. The second-order valence-corrected chi connectivity index (χ2v) is 10.7. The number of rotatable bonds is 6. The van der Waals surface area contributed by atoms with E-state index in [1.165, 1.54) is 12.3 Å². The summed E-state index contributed by atoms with van der Waals surface area (Å²) in [5, 5.41) is 19.4. The van der Waals surface area contributed by atoms with Gasteiger partial charge in [0.05, 0.1) is 11.2 Å². The summed E-state index contributed by atoms with van der Waals surface area (Å²) in [6.07, 6.45) is 2.41. The third-order valence-corrected chi connectivity index (χ3v) is 7.70. The highest BCUT2D eigenvalue weighted by molar-refractivity contribution is 7.91. The Bertz CT molecular complexity index is 1650. The Morgan fingerprint density at radius 1 is 1.21 bits per heavy atom. The lowest BCUT2D eigenvalue weighted by molar-refractivity contribution is -0.118. The summed E-state index contributed by atoms with van der Waals surface area (Å²) in [5.74, 6) is -1.31. The Morgan fingerprint density at radius 2 is 2.00 bits per heavy atom. The number of primary sulfonamides is 1. The van der Waals surface area contributed by atoms with Gasteiger partial charge in [0, 0.05) is 24.2 Å². The van der Waals surface area contributed by atoms with Gasteiger partial charge in [-0.05, 0) is 29.8 Å². The number of H-pyrrole nitrogens is 1. The number of anilines is 1. The second kappa shape index (κ2) is 10.9. The fourth-order valence-corrected chi connectivity index (χ4v) is 5.06. The first-order valence-corrected chi connectivity index (χ1v) is 13.1. The predicted molar refractivity (Wildman–Crippen MR) is 136 cm³/mol. The van der Waals surface area contributed by atoms with Crippen LogP contribution in [0.2, 0.25) is 0 Å². The van der Waals surface area contributed by atoms with Gasteiger partial charge in [-0.15, -0.1) is 11.3 Å². The zero-order valence-corrected chi connectivity index (χ0v) is 21.1. The van der Waals surface area contributed by atoms with E-state index >= 15 is 0 Å². The minimum absolute atomic E-state index is 0.0265. The van der Waals surface area contributed by atoms with Crippen molar-refractivity contribution in [3.8, 4) is 5.75 Å². The molecular formula is C22H21N7O7S2. The summed E-state index contributed by atoms with van der Waals surface area (Å²) in [4.78, 5) is 46.5. The van der Waals surface area contributed by atoms with Crippen molar-refractivity contribution >= 4 is 55.9 Å². The molecule has 0 unspecified atom stereocenters. The van der Waals surface area contributed by atoms with Crippen molar-refractivity contribution in [2.24, 2.45) is 10.9 Å². The maximum absolute atomic E-state index is 12.5. The van der Waals surface area contributed by atoms with Gasteiger partial charge in [-0.25, -0.2) is 28.3 Å². The number of carboxylic acid groups (broad SMARTS) is 1. The number of carboxylic acids is 1. The Labute approximate surface area is 219 Å². The number of aromatic nitrogens is 3. The van der Waals surface area contributed by atoms with Crippen LogP contribution in [-0.2, 0) is 27.9 Å².